The summed E-state index contributed by atoms with van der Waals surface area (Å²) in [5.41, 5.74) is 4.66. The van der Waals surface area contributed by atoms with E-state index in [2.05, 4.69) is 39.8 Å². The summed E-state index contributed by atoms with van der Waals surface area (Å²) in [5, 5.41) is 3.09. The molecule has 0 bridgehead atoms. The van der Waals surface area contributed by atoms with Gasteiger partial charge in [-0.15, -0.1) is 0 Å². The van der Waals surface area contributed by atoms with Gasteiger partial charge in [0.1, 0.15) is 20.2 Å². The maximum absolute atomic E-state index is 12.1. The van der Waals surface area contributed by atoms with E-state index in [4.69, 9.17) is 0 Å². The molecule has 4 aromatic carbocycles. The van der Waals surface area contributed by atoms with Crippen molar-refractivity contribution < 1.29 is 25.9 Å². The number of unbranched alkanes of at least 4 members (excludes halogenated alkanes) is 28. The Labute approximate surface area is 453 Å². The van der Waals surface area contributed by atoms with Gasteiger partial charge in [0.05, 0.1) is 9.79 Å². The van der Waals surface area contributed by atoms with Crippen LogP contribution in [0.25, 0.3) is 21.5 Å². The molecule has 0 aliphatic carbocycles. The molecule has 0 saturated carbocycles. The van der Waals surface area contributed by atoms with Crippen LogP contribution in [-0.4, -0.2) is 63.7 Å². The van der Waals surface area contributed by atoms with E-state index in [0.29, 0.717) is 10.8 Å². The molecule has 384 valence electrons. The normalized spacial score (nSPS) is 11.8. The zero-order valence-corrected chi connectivity index (χ0v) is 48.0. The number of rotatable bonds is 38. The SMILES string of the molecule is CCCCCCCCCCc1ccc2cccc(S(=O)(=O)[O-])c2c1CCCCCCCCCC.CCCCCCCCCCc1ccc2cccc(S(=O)(=O)[O-])c2c1CCCCCCCCCC.[Ca+2]. The van der Waals surface area contributed by atoms with Crippen molar-refractivity contribution in [2.24, 2.45) is 0 Å². The Hall–Kier alpha value is -1.52. The van der Waals surface area contributed by atoms with Crippen molar-refractivity contribution in [3.8, 4) is 0 Å². The quantitative estimate of drug-likeness (QED) is 0.0251. The van der Waals surface area contributed by atoms with E-state index in [0.717, 1.165) is 86.1 Å². The van der Waals surface area contributed by atoms with Gasteiger partial charge in [0.2, 0.25) is 0 Å². The van der Waals surface area contributed by atoms with Gasteiger partial charge in [-0.25, -0.2) is 16.8 Å². The standard InChI is InChI=1S/2C30H48O3S.Ca/c2*1-3-5-7-9-11-13-15-17-20-26-24-25-27-21-19-23-29(34(31,32)33)30(27)28(26)22-18-16-14-12-10-8-6-4-2;/h2*19,21,23-25H,3-18,20,22H2,1-2H3,(H,31,32,33);/q;;+2/p-2. The fraction of sp³-hybridized carbons (Fsp3) is 0.667. The van der Waals surface area contributed by atoms with Gasteiger partial charge >= 0.3 is 37.7 Å². The molecule has 4 rings (SSSR count). The maximum Gasteiger partial charge on any atom is 2.00 e. The Morgan fingerprint density at radius 1 is 0.319 bits per heavy atom. The van der Waals surface area contributed by atoms with E-state index in [1.807, 2.05) is 24.3 Å². The van der Waals surface area contributed by atoms with Gasteiger partial charge in [-0.2, -0.15) is 0 Å². The van der Waals surface area contributed by atoms with Crippen LogP contribution < -0.4 is 0 Å². The fourth-order valence-corrected chi connectivity index (χ4v) is 11.6. The van der Waals surface area contributed by atoms with E-state index in [9.17, 15) is 25.9 Å². The van der Waals surface area contributed by atoms with Gasteiger partial charge in [-0.1, -0.05) is 256 Å². The predicted octanol–water partition coefficient (Wildman–Crippen LogP) is 17.8. The molecular formula is C60H94CaO6S2. The second kappa shape index (κ2) is 38.1. The Bertz CT molecular complexity index is 2030. The molecule has 6 nitrogen and oxygen atoms in total. The Balaban J connectivity index is 0.000000467. The molecule has 0 spiro atoms. The minimum Gasteiger partial charge on any atom is -0.744 e. The van der Waals surface area contributed by atoms with Crippen molar-refractivity contribution in [3.63, 3.8) is 0 Å². The topological polar surface area (TPSA) is 114 Å². The molecule has 4 aromatic rings. The second-order valence-corrected chi connectivity index (χ2v) is 22.6. The van der Waals surface area contributed by atoms with Gasteiger partial charge in [0.25, 0.3) is 0 Å². The van der Waals surface area contributed by atoms with Crippen molar-refractivity contribution in [2.45, 2.75) is 269 Å². The number of hydrogen-bond acceptors (Lipinski definition) is 6. The first kappa shape index (κ1) is 63.6. The molecule has 0 atom stereocenters. The molecule has 0 fully saturated rings. The fourth-order valence-electron chi connectivity index (χ4n) is 10.1. The summed E-state index contributed by atoms with van der Waals surface area (Å²) in [7, 11) is -9.01. The number of fused-ring (bicyclic) bond motifs is 2. The Kier molecular flexibility index (Phi) is 35.1. The van der Waals surface area contributed by atoms with Crippen LogP contribution in [0.1, 0.15) is 255 Å². The van der Waals surface area contributed by atoms with Crippen LogP contribution in [0, 0.1) is 0 Å². The molecular weight excluding hydrogens is 921 g/mol. The molecule has 9 heteroatoms. The molecule has 0 aliphatic heterocycles. The van der Waals surface area contributed by atoms with Crippen LogP contribution in [0.15, 0.2) is 70.5 Å². The largest absolute Gasteiger partial charge is 2.00 e. The first-order valence-electron chi connectivity index (χ1n) is 28.0. The average molecular weight is 1020 g/mol. The molecule has 0 heterocycles. The second-order valence-electron chi connectivity index (χ2n) is 19.9. The predicted molar refractivity (Wildman–Crippen MR) is 295 cm³/mol. The third-order valence-electron chi connectivity index (χ3n) is 14.1. The first-order valence-corrected chi connectivity index (χ1v) is 30.8. The minimum absolute atomic E-state index is 0. The summed E-state index contributed by atoms with van der Waals surface area (Å²) in [5.74, 6) is 0. The van der Waals surface area contributed by atoms with Crippen LogP contribution in [0.4, 0.5) is 0 Å². The Morgan fingerprint density at radius 3 is 0.826 bits per heavy atom. The molecule has 0 radical (unpaired) electrons. The molecule has 0 saturated heterocycles. The maximum atomic E-state index is 12.1. The van der Waals surface area contributed by atoms with Crippen LogP contribution in [0.5, 0.6) is 0 Å². The molecule has 0 N–H and O–H groups in total. The summed E-state index contributed by atoms with van der Waals surface area (Å²) >= 11 is 0. The van der Waals surface area contributed by atoms with Crippen molar-refractivity contribution in [3.05, 3.63) is 82.9 Å². The average Bonchev–Trinajstić information content (AvgIpc) is 3.32. The third kappa shape index (κ3) is 25.3. The van der Waals surface area contributed by atoms with E-state index >= 15 is 0 Å². The van der Waals surface area contributed by atoms with Gasteiger partial charge < -0.3 is 9.11 Å². The third-order valence-corrected chi connectivity index (χ3v) is 15.9. The number of benzene rings is 4. The zero-order valence-electron chi connectivity index (χ0n) is 44.2. The van der Waals surface area contributed by atoms with Crippen molar-refractivity contribution in [1.29, 1.82) is 0 Å². The smallest absolute Gasteiger partial charge is 0.744 e. The van der Waals surface area contributed by atoms with Crippen molar-refractivity contribution in [2.75, 3.05) is 0 Å². The summed E-state index contributed by atoms with van der Waals surface area (Å²) in [6, 6.07) is 18.6. The molecule has 0 aliphatic rings. The summed E-state index contributed by atoms with van der Waals surface area (Å²) in [4.78, 5) is -0.0883. The molecule has 0 unspecified atom stereocenters. The van der Waals surface area contributed by atoms with Crippen LogP contribution in [0.3, 0.4) is 0 Å². The van der Waals surface area contributed by atoms with Crippen LogP contribution >= 0.6 is 0 Å². The van der Waals surface area contributed by atoms with Crippen molar-refractivity contribution in [1.82, 2.24) is 0 Å². The van der Waals surface area contributed by atoms with E-state index in [-0.39, 0.29) is 47.5 Å². The van der Waals surface area contributed by atoms with E-state index < -0.39 is 20.2 Å². The minimum atomic E-state index is -4.51. The summed E-state index contributed by atoms with van der Waals surface area (Å²) < 4.78 is 72.4. The van der Waals surface area contributed by atoms with Crippen LogP contribution in [-0.2, 0) is 45.9 Å². The molecule has 0 amide bonds. The molecule has 69 heavy (non-hydrogen) atoms. The Morgan fingerprint density at radius 2 is 0.565 bits per heavy atom. The van der Waals surface area contributed by atoms with Crippen molar-refractivity contribution >= 4 is 79.5 Å². The van der Waals surface area contributed by atoms with Gasteiger partial charge in [-0.05, 0) is 96.5 Å². The monoisotopic (exact) mass is 1010 g/mol. The van der Waals surface area contributed by atoms with E-state index in [1.54, 1.807) is 12.1 Å². The summed E-state index contributed by atoms with van der Waals surface area (Å²) in [6.07, 6.45) is 43.9. The van der Waals surface area contributed by atoms with E-state index in [1.165, 1.54) is 190 Å². The van der Waals surface area contributed by atoms with Gasteiger partial charge in [-0.3, -0.25) is 0 Å². The zero-order chi connectivity index (χ0) is 49.3. The number of hydrogen-bond donors (Lipinski definition) is 0. The van der Waals surface area contributed by atoms with Crippen LogP contribution in [0.2, 0.25) is 0 Å². The van der Waals surface area contributed by atoms with Gasteiger partial charge in [0, 0.05) is 10.8 Å². The van der Waals surface area contributed by atoms with Gasteiger partial charge in [0.15, 0.2) is 0 Å². The number of aryl methyl sites for hydroxylation is 4. The first-order chi connectivity index (χ1) is 33.0. The molecule has 0 aromatic heterocycles. The summed E-state index contributed by atoms with van der Waals surface area (Å²) in [6.45, 7) is 8.98.